The minimum absolute atomic E-state index is 0.0630. The molecule has 11 nitrogen and oxygen atoms in total. The summed E-state index contributed by atoms with van der Waals surface area (Å²) >= 11 is 0. The molecule has 0 bridgehead atoms. The number of hydrogen-bond donors (Lipinski definition) is 6. The topological polar surface area (TPSA) is 167 Å². The quantitative estimate of drug-likeness (QED) is 0.211. The van der Waals surface area contributed by atoms with Crippen LogP contribution < -0.4 is 10.6 Å². The van der Waals surface area contributed by atoms with E-state index in [1.54, 1.807) is 0 Å². The molecule has 2 aromatic rings. The second-order valence-electron chi connectivity index (χ2n) is 7.08. The summed E-state index contributed by atoms with van der Waals surface area (Å²) in [7, 11) is -0.935. The van der Waals surface area contributed by atoms with Crippen LogP contribution in [0.5, 0.6) is 0 Å². The van der Waals surface area contributed by atoms with E-state index < -0.39 is 19.9 Å². The number of anilines is 2. The lowest BCUT2D eigenvalue weighted by molar-refractivity contribution is -0.143. The van der Waals surface area contributed by atoms with E-state index in [2.05, 4.69) is 10.6 Å². The number of carbonyl (C=O) groups is 1. The molecule has 1 heterocycles. The van der Waals surface area contributed by atoms with Crippen molar-refractivity contribution >= 4 is 25.2 Å². The molecule has 0 aromatic heterocycles. The fraction of sp³-hybridized carbons (Fsp3) is 0.318. The van der Waals surface area contributed by atoms with Crippen molar-refractivity contribution in [3.05, 3.63) is 71.2 Å². The third-order valence-corrected chi connectivity index (χ3v) is 4.60. The van der Waals surface area contributed by atoms with E-state index >= 15 is 0 Å². The molecular weight excluding hydrogens is 467 g/mol. The summed E-state index contributed by atoms with van der Waals surface area (Å²) in [5.74, 6) is -0.183. The van der Waals surface area contributed by atoms with Crippen molar-refractivity contribution in [2.24, 2.45) is 0 Å². The number of cyclic esters (lactones) is 1. The molecule has 1 unspecified atom stereocenters. The van der Waals surface area contributed by atoms with Gasteiger partial charge < -0.3 is 44.6 Å². The minimum Gasteiger partial charge on any atom is -0.485 e. The highest BCUT2D eigenvalue weighted by Gasteiger charge is 2.37. The van der Waals surface area contributed by atoms with Crippen LogP contribution in [0.3, 0.4) is 0 Å². The number of rotatable bonds is 10. The second-order valence-corrected chi connectivity index (χ2v) is 8.11. The first-order chi connectivity index (χ1) is 16.1. The first kappa shape index (κ1) is 27.2. The lowest BCUT2D eigenvalue weighted by Crippen LogP contribution is -2.15. The summed E-state index contributed by atoms with van der Waals surface area (Å²) in [4.78, 5) is 33.9. The summed E-state index contributed by atoms with van der Waals surface area (Å²) < 4.78 is 25.9. The van der Waals surface area contributed by atoms with E-state index in [0.717, 1.165) is 22.5 Å². The molecule has 0 fully saturated rings. The number of hydrogen-bond acceptors (Lipinski definition) is 8. The van der Waals surface area contributed by atoms with Crippen LogP contribution in [0.25, 0.3) is 0 Å². The number of phosphoric acid groups is 1. The van der Waals surface area contributed by atoms with E-state index in [1.165, 1.54) is 0 Å². The van der Waals surface area contributed by atoms with Crippen molar-refractivity contribution in [2.45, 2.75) is 25.7 Å². The molecule has 1 aliphatic rings. The Labute approximate surface area is 197 Å². The molecule has 0 spiro atoms. The Kier molecular flexibility index (Phi) is 10.4. The molecule has 12 heteroatoms. The predicted molar refractivity (Wildman–Crippen MR) is 124 cm³/mol. The fourth-order valence-electron chi connectivity index (χ4n) is 2.93. The third kappa shape index (κ3) is 9.05. The molecule has 0 saturated carbocycles. The van der Waals surface area contributed by atoms with Gasteiger partial charge in [0, 0.05) is 38.5 Å². The monoisotopic (exact) mass is 496 g/mol. The number of benzene rings is 2. The van der Waals surface area contributed by atoms with Gasteiger partial charge in [-0.25, -0.2) is 9.36 Å². The average Bonchev–Trinajstić information content (AvgIpc) is 3.10. The van der Waals surface area contributed by atoms with Gasteiger partial charge in [0.2, 0.25) is 5.76 Å². The van der Waals surface area contributed by atoms with Gasteiger partial charge in [-0.15, -0.1) is 0 Å². The molecule has 1 atom stereocenters. The molecule has 34 heavy (non-hydrogen) atoms. The molecule has 0 radical (unpaired) electrons. The zero-order chi connectivity index (χ0) is 25.1. The van der Waals surface area contributed by atoms with Crippen molar-refractivity contribution in [2.75, 3.05) is 31.3 Å². The van der Waals surface area contributed by atoms with Crippen LogP contribution in [-0.4, -0.2) is 52.6 Å². The molecular formula is C22H29N2O9P. The van der Waals surface area contributed by atoms with Crippen molar-refractivity contribution in [1.82, 2.24) is 0 Å². The predicted octanol–water partition coefficient (Wildman–Crippen LogP) is 2.09. The number of ether oxygens (including phenoxy) is 3. The van der Waals surface area contributed by atoms with E-state index in [1.807, 2.05) is 62.6 Å². The summed E-state index contributed by atoms with van der Waals surface area (Å²) in [5, 5.41) is 15.4. The summed E-state index contributed by atoms with van der Waals surface area (Å²) in [6.07, 6.45) is -0.394. The van der Waals surface area contributed by atoms with Crippen LogP contribution in [0.1, 0.15) is 17.5 Å². The van der Waals surface area contributed by atoms with Crippen LogP contribution in [0.4, 0.5) is 11.4 Å². The number of esters is 1. The Morgan fingerprint density at radius 1 is 0.882 bits per heavy atom. The zero-order valence-corrected chi connectivity index (χ0v) is 19.7. The molecule has 1 aliphatic heterocycles. The van der Waals surface area contributed by atoms with Gasteiger partial charge in [0.25, 0.3) is 0 Å². The van der Waals surface area contributed by atoms with Crippen LogP contribution in [0.15, 0.2) is 60.0 Å². The van der Waals surface area contributed by atoms with Crippen molar-refractivity contribution in [3.8, 4) is 0 Å². The number of nitrogens with one attached hydrogen (secondary N) is 2. The zero-order valence-electron chi connectivity index (χ0n) is 18.8. The molecule has 0 amide bonds. The standard InChI is InChI=1S/C22H26N2O5.H3O4P/c1-23-17-7-3-15(4-8-17)13-27-20-19(11-12-25)29-22(26)21(20)28-14-16-5-9-18(24-2)10-6-16;1-5(2,3)4/h3-10,19,23-25H,11-14H2,1-2H3;(H3,1,2,3,4). The van der Waals surface area contributed by atoms with Gasteiger partial charge in [-0.2, -0.15) is 0 Å². The smallest absolute Gasteiger partial charge is 0.466 e. The van der Waals surface area contributed by atoms with Gasteiger partial charge in [0.1, 0.15) is 13.2 Å². The van der Waals surface area contributed by atoms with Gasteiger partial charge in [0.05, 0.1) is 0 Å². The van der Waals surface area contributed by atoms with Gasteiger partial charge in [-0.3, -0.25) is 0 Å². The van der Waals surface area contributed by atoms with Crippen LogP contribution in [0, 0.1) is 0 Å². The van der Waals surface area contributed by atoms with Crippen LogP contribution in [-0.2, 0) is 36.8 Å². The van der Waals surface area contributed by atoms with Gasteiger partial charge in [0.15, 0.2) is 11.9 Å². The molecule has 186 valence electrons. The van der Waals surface area contributed by atoms with Gasteiger partial charge >= 0.3 is 13.8 Å². The number of aliphatic hydroxyl groups is 1. The Balaban J connectivity index is 0.000000739. The number of aliphatic hydroxyl groups excluding tert-OH is 1. The van der Waals surface area contributed by atoms with Crippen LogP contribution in [0.2, 0.25) is 0 Å². The number of carbonyl (C=O) groups excluding carboxylic acids is 1. The van der Waals surface area contributed by atoms with E-state index in [0.29, 0.717) is 5.76 Å². The molecule has 0 saturated heterocycles. The lowest BCUT2D eigenvalue weighted by atomic mass is 10.2. The van der Waals surface area contributed by atoms with E-state index in [4.69, 9.17) is 33.5 Å². The maximum absolute atomic E-state index is 12.3. The van der Waals surface area contributed by atoms with E-state index in [9.17, 15) is 9.90 Å². The maximum atomic E-state index is 12.3. The van der Waals surface area contributed by atoms with Gasteiger partial charge in [-0.1, -0.05) is 24.3 Å². The van der Waals surface area contributed by atoms with Gasteiger partial charge in [-0.05, 0) is 35.4 Å². The van der Waals surface area contributed by atoms with Crippen molar-refractivity contribution in [1.29, 1.82) is 0 Å². The lowest BCUT2D eigenvalue weighted by Gasteiger charge is -2.14. The van der Waals surface area contributed by atoms with E-state index in [-0.39, 0.29) is 32.0 Å². The first-order valence-electron chi connectivity index (χ1n) is 10.3. The summed E-state index contributed by atoms with van der Waals surface area (Å²) in [6.45, 7) is 0.353. The normalized spacial score (nSPS) is 15.2. The Hall–Kier alpha value is -3.08. The fourth-order valence-corrected chi connectivity index (χ4v) is 2.93. The molecule has 6 N–H and O–H groups in total. The highest BCUT2D eigenvalue weighted by molar-refractivity contribution is 7.45. The van der Waals surface area contributed by atoms with Crippen molar-refractivity contribution in [3.63, 3.8) is 0 Å². The Morgan fingerprint density at radius 2 is 1.32 bits per heavy atom. The Morgan fingerprint density at radius 3 is 1.74 bits per heavy atom. The maximum Gasteiger partial charge on any atom is 0.466 e. The first-order valence-corrected chi connectivity index (χ1v) is 11.8. The Bertz CT molecular complexity index is 996. The minimum atomic E-state index is -4.64. The van der Waals surface area contributed by atoms with Crippen LogP contribution >= 0.6 is 7.82 Å². The largest absolute Gasteiger partial charge is 0.485 e. The molecule has 3 rings (SSSR count). The average molecular weight is 496 g/mol. The molecule has 2 aromatic carbocycles. The highest BCUT2D eigenvalue weighted by Crippen LogP contribution is 2.29. The third-order valence-electron chi connectivity index (χ3n) is 4.60. The van der Waals surface area contributed by atoms with Crippen molar-refractivity contribution < 1.29 is 43.4 Å². The summed E-state index contributed by atoms with van der Waals surface area (Å²) in [5.41, 5.74) is 3.85. The second kappa shape index (κ2) is 13.0. The SMILES string of the molecule is CNc1ccc(COC2=C(OCc3ccc(NC)cc3)C(CCO)OC2=O)cc1.O=P(O)(O)O. The highest BCUT2D eigenvalue weighted by atomic mass is 31.2. The summed E-state index contributed by atoms with van der Waals surface area (Å²) in [6, 6.07) is 15.5. The molecule has 0 aliphatic carbocycles.